The first-order chi connectivity index (χ1) is 22.5. The standard InChI is InChI=1S/C35H45N5O7/c1-34(2,3)47-33(44)39-18-12-17-35(30(39)41,31(42)45-4)20-25-19-28-37-27(22-40(28)36-21-25)29(26-15-10-5-6-11-16-26)38-32(43)46-23-24-13-8-7-9-14-24/h7-9,13-14,19,21-22,26,29H,5-6,10-12,15-18,20,23H2,1-4H3,(H,38,43)/t29-,35?/m0/s1. The largest absolute Gasteiger partial charge is 0.468 e. The van der Waals surface area contributed by atoms with E-state index in [2.05, 4.69) is 10.4 Å². The molecule has 1 saturated heterocycles. The van der Waals surface area contributed by atoms with Crippen molar-refractivity contribution in [2.45, 2.75) is 96.8 Å². The summed E-state index contributed by atoms with van der Waals surface area (Å²) in [7, 11) is 1.23. The molecular formula is C35H45N5O7. The monoisotopic (exact) mass is 647 g/mol. The summed E-state index contributed by atoms with van der Waals surface area (Å²) in [6, 6.07) is 10.9. The second kappa shape index (κ2) is 14.5. The van der Waals surface area contributed by atoms with Crippen LogP contribution in [-0.4, -0.2) is 62.8 Å². The van der Waals surface area contributed by atoms with Gasteiger partial charge in [0, 0.05) is 6.54 Å². The van der Waals surface area contributed by atoms with Gasteiger partial charge < -0.3 is 19.5 Å². The molecule has 1 aliphatic carbocycles. The van der Waals surface area contributed by atoms with Gasteiger partial charge in [-0.1, -0.05) is 56.0 Å². The first-order valence-electron chi connectivity index (χ1n) is 16.4. The minimum atomic E-state index is -1.62. The van der Waals surface area contributed by atoms with E-state index >= 15 is 0 Å². The number of carbonyl (C=O) groups is 4. The summed E-state index contributed by atoms with van der Waals surface area (Å²) in [5, 5.41) is 7.64. The van der Waals surface area contributed by atoms with Gasteiger partial charge in [0.15, 0.2) is 11.1 Å². The summed E-state index contributed by atoms with van der Waals surface area (Å²) in [4.78, 5) is 58.9. The van der Waals surface area contributed by atoms with Gasteiger partial charge in [0.1, 0.15) is 12.2 Å². The molecule has 2 aromatic heterocycles. The smallest absolute Gasteiger partial charge is 0.417 e. The predicted molar refractivity (Wildman–Crippen MR) is 172 cm³/mol. The van der Waals surface area contributed by atoms with Gasteiger partial charge in [-0.15, -0.1) is 0 Å². The number of hydrogen-bond donors (Lipinski definition) is 1. The average molecular weight is 648 g/mol. The van der Waals surface area contributed by atoms with Crippen molar-refractivity contribution in [1.82, 2.24) is 24.8 Å². The van der Waals surface area contributed by atoms with Gasteiger partial charge in [-0.2, -0.15) is 5.10 Å². The fourth-order valence-corrected chi connectivity index (χ4v) is 6.62. The van der Waals surface area contributed by atoms with Crippen LogP contribution in [0.1, 0.15) is 95.0 Å². The lowest BCUT2D eigenvalue weighted by Crippen LogP contribution is -2.56. The van der Waals surface area contributed by atoms with E-state index in [1.54, 1.807) is 43.7 Å². The van der Waals surface area contributed by atoms with E-state index in [-0.39, 0.29) is 38.0 Å². The highest BCUT2D eigenvalue weighted by atomic mass is 16.6. The lowest BCUT2D eigenvalue weighted by molar-refractivity contribution is -0.166. The molecule has 2 aliphatic rings. The number of hydrogen-bond acceptors (Lipinski definition) is 9. The summed E-state index contributed by atoms with van der Waals surface area (Å²) in [5.74, 6) is -1.20. The maximum absolute atomic E-state index is 13.8. The molecule has 1 aromatic carbocycles. The first-order valence-corrected chi connectivity index (χ1v) is 16.4. The maximum Gasteiger partial charge on any atom is 0.417 e. The molecule has 2 atom stereocenters. The molecule has 1 saturated carbocycles. The molecule has 3 aromatic rings. The molecule has 2 fully saturated rings. The number of methoxy groups -OCH3 is 1. The minimum Gasteiger partial charge on any atom is -0.468 e. The van der Waals surface area contributed by atoms with Gasteiger partial charge in [0.2, 0.25) is 5.91 Å². The molecule has 0 radical (unpaired) electrons. The van der Waals surface area contributed by atoms with Crippen LogP contribution < -0.4 is 5.32 Å². The van der Waals surface area contributed by atoms with Gasteiger partial charge in [0.05, 0.1) is 31.2 Å². The van der Waals surface area contributed by atoms with E-state index in [1.165, 1.54) is 7.11 Å². The number of piperidine rings is 1. The van der Waals surface area contributed by atoms with Crippen molar-refractivity contribution in [1.29, 1.82) is 0 Å². The van der Waals surface area contributed by atoms with E-state index in [0.717, 1.165) is 49.0 Å². The number of imide groups is 1. The molecule has 1 aliphatic heterocycles. The van der Waals surface area contributed by atoms with Gasteiger partial charge in [0.25, 0.3) is 0 Å². The number of nitrogens with one attached hydrogen (secondary N) is 1. The molecule has 12 nitrogen and oxygen atoms in total. The highest BCUT2D eigenvalue weighted by molar-refractivity contribution is 6.08. The highest BCUT2D eigenvalue weighted by Crippen LogP contribution is 2.38. The zero-order valence-corrected chi connectivity index (χ0v) is 27.7. The van der Waals surface area contributed by atoms with E-state index in [9.17, 15) is 19.2 Å². The van der Waals surface area contributed by atoms with Crippen LogP contribution in [0.2, 0.25) is 0 Å². The molecule has 1 N–H and O–H groups in total. The van der Waals surface area contributed by atoms with Crippen LogP contribution in [0, 0.1) is 11.3 Å². The maximum atomic E-state index is 13.8. The summed E-state index contributed by atoms with van der Waals surface area (Å²) < 4.78 is 17.8. The minimum absolute atomic E-state index is 0.0282. The SMILES string of the molecule is COC(=O)C1(Cc2cnn3cc([C@@H](NC(=O)OCc4ccccc4)C4CCCCCC4)nc3c2)CCCN(C(=O)OC(C)(C)C)C1=O. The summed E-state index contributed by atoms with van der Waals surface area (Å²) in [6.07, 6.45) is 9.04. The van der Waals surface area contributed by atoms with Crippen molar-refractivity contribution < 1.29 is 33.4 Å². The Hall–Kier alpha value is -4.48. The molecule has 47 heavy (non-hydrogen) atoms. The average Bonchev–Trinajstić information content (AvgIpc) is 3.27. The zero-order valence-electron chi connectivity index (χ0n) is 27.7. The highest BCUT2D eigenvalue weighted by Gasteiger charge is 2.53. The number of nitrogens with zero attached hydrogens (tertiary/aromatic N) is 4. The Labute approximate surface area is 275 Å². The number of ether oxygens (including phenoxy) is 3. The van der Waals surface area contributed by atoms with Crippen LogP contribution in [0.3, 0.4) is 0 Å². The van der Waals surface area contributed by atoms with Crippen molar-refractivity contribution >= 4 is 29.7 Å². The molecule has 5 rings (SSSR count). The molecule has 0 spiro atoms. The Morgan fingerprint density at radius 2 is 1.77 bits per heavy atom. The van der Waals surface area contributed by atoms with Crippen LogP contribution in [0.4, 0.5) is 9.59 Å². The Morgan fingerprint density at radius 1 is 1.04 bits per heavy atom. The summed E-state index contributed by atoms with van der Waals surface area (Å²) in [5.41, 5.74) is 0.215. The summed E-state index contributed by atoms with van der Waals surface area (Å²) >= 11 is 0. The molecule has 1 unspecified atom stereocenters. The number of fused-ring (bicyclic) bond motifs is 1. The third-order valence-corrected chi connectivity index (χ3v) is 8.91. The molecule has 252 valence electrons. The van der Waals surface area contributed by atoms with E-state index < -0.39 is 35.1 Å². The van der Waals surface area contributed by atoms with Gasteiger partial charge >= 0.3 is 18.2 Å². The zero-order chi connectivity index (χ0) is 33.6. The van der Waals surface area contributed by atoms with Crippen molar-refractivity contribution in [3.63, 3.8) is 0 Å². The fraction of sp³-hybridized carbons (Fsp3) is 0.543. The van der Waals surface area contributed by atoms with Crippen LogP contribution in [0.5, 0.6) is 0 Å². The first kappa shape index (κ1) is 33.9. The number of esters is 1. The lowest BCUT2D eigenvalue weighted by Gasteiger charge is -2.39. The Kier molecular flexibility index (Phi) is 10.5. The topological polar surface area (TPSA) is 141 Å². The normalized spacial score (nSPS) is 19.9. The van der Waals surface area contributed by atoms with Crippen molar-refractivity contribution in [2.75, 3.05) is 13.7 Å². The second-order valence-electron chi connectivity index (χ2n) is 13.6. The number of aromatic nitrogens is 3. The molecule has 0 bridgehead atoms. The Balaban J connectivity index is 1.40. The molecular weight excluding hydrogens is 602 g/mol. The number of alkyl carbamates (subject to hydrolysis) is 1. The third-order valence-electron chi connectivity index (χ3n) is 8.91. The van der Waals surface area contributed by atoms with Crippen LogP contribution >= 0.6 is 0 Å². The van der Waals surface area contributed by atoms with Crippen LogP contribution in [0.25, 0.3) is 5.65 Å². The molecule has 3 heterocycles. The summed E-state index contributed by atoms with van der Waals surface area (Å²) in [6.45, 7) is 5.46. The predicted octanol–water partition coefficient (Wildman–Crippen LogP) is 5.93. The van der Waals surface area contributed by atoms with Crippen molar-refractivity contribution in [2.24, 2.45) is 11.3 Å². The van der Waals surface area contributed by atoms with E-state index in [4.69, 9.17) is 19.2 Å². The quantitative estimate of drug-likeness (QED) is 0.136. The number of benzene rings is 1. The van der Waals surface area contributed by atoms with Gasteiger partial charge in [-0.3, -0.25) is 9.59 Å². The van der Waals surface area contributed by atoms with E-state index in [1.807, 2.05) is 30.3 Å². The van der Waals surface area contributed by atoms with Gasteiger partial charge in [-0.25, -0.2) is 24.0 Å². The number of amides is 3. The number of likely N-dealkylation sites (tertiary alicyclic amines) is 1. The molecule has 3 amide bonds. The van der Waals surface area contributed by atoms with Crippen LogP contribution in [0.15, 0.2) is 48.8 Å². The van der Waals surface area contributed by atoms with Crippen LogP contribution in [-0.2, 0) is 36.8 Å². The Bertz CT molecular complexity index is 1580. The lowest BCUT2D eigenvalue weighted by atomic mass is 9.74. The van der Waals surface area contributed by atoms with E-state index in [0.29, 0.717) is 23.3 Å². The van der Waals surface area contributed by atoms with Crippen molar-refractivity contribution in [3.05, 3.63) is 65.6 Å². The van der Waals surface area contributed by atoms with Crippen molar-refractivity contribution in [3.8, 4) is 0 Å². The fourth-order valence-electron chi connectivity index (χ4n) is 6.62. The third kappa shape index (κ3) is 8.09. The number of rotatable bonds is 8. The number of imidazole rings is 1. The Morgan fingerprint density at radius 3 is 2.45 bits per heavy atom. The molecule has 12 heteroatoms. The van der Waals surface area contributed by atoms with Gasteiger partial charge in [-0.05, 0) is 76.0 Å². The second-order valence-corrected chi connectivity index (χ2v) is 13.6. The number of carbonyl (C=O) groups excluding carboxylic acids is 4.